The Morgan fingerprint density at radius 1 is 0.727 bits per heavy atom. The molecule has 44 heavy (non-hydrogen) atoms. The van der Waals surface area contributed by atoms with Crippen LogP contribution in [0, 0.1) is 0 Å². The second-order valence-corrected chi connectivity index (χ2v) is 9.98. The molecule has 230 valence electrons. The highest BCUT2D eigenvalue weighted by Crippen LogP contribution is 2.32. The van der Waals surface area contributed by atoms with E-state index in [-0.39, 0.29) is 23.7 Å². The zero-order valence-corrected chi connectivity index (χ0v) is 24.7. The minimum atomic E-state index is -0.809. The van der Waals surface area contributed by atoms with Gasteiger partial charge in [-0.05, 0) is 76.1 Å². The molecule has 0 bridgehead atoms. The molecule has 0 fully saturated rings. The molecule has 0 spiro atoms. The molecular formula is C36H38O8. The fraction of sp³-hybridized carbons (Fsp3) is 0.194. The van der Waals surface area contributed by atoms with Crippen LogP contribution in [-0.2, 0) is 21.0 Å². The zero-order valence-electron chi connectivity index (χ0n) is 24.7. The number of benzene rings is 4. The lowest BCUT2D eigenvalue weighted by Gasteiger charge is -2.13. The molecular weight excluding hydrogens is 560 g/mol. The van der Waals surface area contributed by atoms with Gasteiger partial charge in [-0.25, -0.2) is 14.9 Å². The third-order valence-corrected chi connectivity index (χ3v) is 6.74. The number of phenols is 1. The van der Waals surface area contributed by atoms with E-state index in [1.54, 1.807) is 24.3 Å². The van der Waals surface area contributed by atoms with Crippen molar-refractivity contribution in [2.24, 2.45) is 0 Å². The maximum atomic E-state index is 11.6. The van der Waals surface area contributed by atoms with Crippen molar-refractivity contribution in [1.29, 1.82) is 0 Å². The van der Waals surface area contributed by atoms with Gasteiger partial charge in [-0.15, -0.1) is 0 Å². The van der Waals surface area contributed by atoms with E-state index in [0.29, 0.717) is 5.75 Å². The van der Waals surface area contributed by atoms with Crippen LogP contribution < -0.4 is 4.89 Å². The first kappa shape index (κ1) is 33.6. The molecule has 4 aromatic carbocycles. The number of hydrogen-bond acceptors (Lipinski definition) is 8. The van der Waals surface area contributed by atoms with Gasteiger partial charge in [0.1, 0.15) is 12.4 Å². The Bertz CT molecular complexity index is 1500. The maximum Gasteiger partial charge on any atom is 0.383 e. The van der Waals surface area contributed by atoms with E-state index in [1.165, 1.54) is 29.5 Å². The van der Waals surface area contributed by atoms with Crippen LogP contribution in [0.1, 0.15) is 31.7 Å². The predicted molar refractivity (Wildman–Crippen MR) is 171 cm³/mol. The second kappa shape index (κ2) is 17.3. The van der Waals surface area contributed by atoms with E-state index in [4.69, 9.17) is 20.4 Å². The van der Waals surface area contributed by atoms with Crippen LogP contribution in [0.25, 0.3) is 33.4 Å². The summed E-state index contributed by atoms with van der Waals surface area (Å²) in [5.41, 5.74) is 7.90. The molecule has 0 aliphatic heterocycles. The van der Waals surface area contributed by atoms with Crippen molar-refractivity contribution in [1.82, 2.24) is 0 Å². The number of rotatable bonds is 13. The van der Waals surface area contributed by atoms with Crippen LogP contribution in [0.4, 0.5) is 0 Å². The van der Waals surface area contributed by atoms with E-state index in [1.807, 2.05) is 24.3 Å². The summed E-state index contributed by atoms with van der Waals surface area (Å²) in [5, 5.41) is 34.1. The quantitative estimate of drug-likeness (QED) is 0.0410. The summed E-state index contributed by atoms with van der Waals surface area (Å²) in [5.74, 6) is -0.214. The standard InChI is InChI=1S/C33H32O5.C3H6O3/c1-3-4-5-6-29-21-28(15-20-32(29)27-11-16-30(35)17-12-27)26-9-7-24(8-10-26)25-13-18-31(19-14-25)37-38-33(36)23(2)22-34;1-3(2-4)6-5/h7-21,34-35H,2-6,22H2,1H3;4-5H,1-2H2. The Morgan fingerprint density at radius 3 is 1.80 bits per heavy atom. The van der Waals surface area contributed by atoms with Gasteiger partial charge in [0, 0.05) is 0 Å². The van der Waals surface area contributed by atoms with Crippen molar-refractivity contribution in [3.8, 4) is 44.9 Å². The van der Waals surface area contributed by atoms with Crippen molar-refractivity contribution in [3.05, 3.63) is 121 Å². The van der Waals surface area contributed by atoms with Crippen molar-refractivity contribution >= 4 is 5.97 Å². The molecule has 4 N–H and O–H groups in total. The first-order valence-electron chi connectivity index (χ1n) is 14.2. The monoisotopic (exact) mass is 598 g/mol. The summed E-state index contributed by atoms with van der Waals surface area (Å²) < 4.78 is 0. The molecule has 4 aromatic rings. The lowest BCUT2D eigenvalue weighted by Crippen LogP contribution is -2.12. The zero-order chi connectivity index (χ0) is 31.9. The molecule has 4 rings (SSSR count). The Balaban J connectivity index is 0.000000801. The van der Waals surface area contributed by atoms with Gasteiger partial charge in [-0.3, -0.25) is 4.89 Å². The van der Waals surface area contributed by atoms with Crippen LogP contribution in [0.3, 0.4) is 0 Å². The highest BCUT2D eigenvalue weighted by atomic mass is 17.2. The highest BCUT2D eigenvalue weighted by Gasteiger charge is 2.11. The fourth-order valence-corrected chi connectivity index (χ4v) is 4.26. The number of aliphatic hydroxyl groups is 2. The number of aryl methyl sites for hydroxylation is 1. The second-order valence-electron chi connectivity index (χ2n) is 9.98. The van der Waals surface area contributed by atoms with Crippen molar-refractivity contribution in [2.75, 3.05) is 13.2 Å². The Hall–Kier alpha value is -4.89. The molecule has 0 amide bonds. The fourth-order valence-electron chi connectivity index (χ4n) is 4.26. The van der Waals surface area contributed by atoms with Crippen molar-refractivity contribution in [2.45, 2.75) is 32.6 Å². The van der Waals surface area contributed by atoms with Gasteiger partial charge >= 0.3 is 5.97 Å². The Labute approximate surface area is 257 Å². The lowest BCUT2D eigenvalue weighted by atomic mass is 9.91. The van der Waals surface area contributed by atoms with Crippen molar-refractivity contribution < 1.29 is 40.0 Å². The summed E-state index contributed by atoms with van der Waals surface area (Å²) in [7, 11) is 0. The van der Waals surface area contributed by atoms with Gasteiger partial charge in [0.25, 0.3) is 0 Å². The number of aliphatic hydroxyl groups excluding tert-OH is 2. The maximum absolute atomic E-state index is 11.6. The molecule has 0 atom stereocenters. The number of carbonyl (C=O) groups excluding carboxylic acids is 1. The van der Waals surface area contributed by atoms with Gasteiger partial charge in [0.15, 0.2) is 11.5 Å². The highest BCUT2D eigenvalue weighted by molar-refractivity contribution is 5.87. The van der Waals surface area contributed by atoms with E-state index in [2.05, 4.69) is 72.3 Å². The number of carbonyl (C=O) groups is 1. The smallest absolute Gasteiger partial charge is 0.383 e. The topological polar surface area (TPSA) is 126 Å². The van der Waals surface area contributed by atoms with Gasteiger partial charge in [-0.2, -0.15) is 0 Å². The Kier molecular flexibility index (Phi) is 13.2. The van der Waals surface area contributed by atoms with E-state index < -0.39 is 12.6 Å². The number of aromatic hydroxyl groups is 1. The van der Waals surface area contributed by atoms with Gasteiger partial charge in [0.05, 0.1) is 12.2 Å². The van der Waals surface area contributed by atoms with Crippen LogP contribution in [0.5, 0.6) is 11.5 Å². The van der Waals surface area contributed by atoms with Crippen LogP contribution in [0.15, 0.2) is 115 Å². The first-order valence-corrected chi connectivity index (χ1v) is 14.2. The summed E-state index contributed by atoms with van der Waals surface area (Å²) >= 11 is 0. The normalized spacial score (nSPS) is 10.3. The molecule has 0 radical (unpaired) electrons. The largest absolute Gasteiger partial charge is 0.508 e. The molecule has 0 aliphatic carbocycles. The number of hydrogen-bond donors (Lipinski definition) is 4. The molecule has 0 heterocycles. The summed E-state index contributed by atoms with van der Waals surface area (Å²) in [6, 6.07) is 29.6. The first-order chi connectivity index (χ1) is 21.3. The van der Waals surface area contributed by atoms with E-state index >= 15 is 0 Å². The summed E-state index contributed by atoms with van der Waals surface area (Å²) in [6.07, 6.45) is 4.51. The minimum absolute atomic E-state index is 0.0463. The van der Waals surface area contributed by atoms with Crippen LogP contribution >= 0.6 is 0 Å². The predicted octanol–water partition coefficient (Wildman–Crippen LogP) is 7.49. The molecule has 0 saturated carbocycles. The van der Waals surface area contributed by atoms with E-state index in [9.17, 15) is 9.90 Å². The van der Waals surface area contributed by atoms with E-state index in [0.717, 1.165) is 35.1 Å². The van der Waals surface area contributed by atoms with Crippen molar-refractivity contribution in [3.63, 3.8) is 0 Å². The third kappa shape index (κ3) is 9.84. The lowest BCUT2D eigenvalue weighted by molar-refractivity contribution is -0.209. The molecule has 0 aliphatic rings. The SMILES string of the molecule is C=C(CO)C(=O)OOc1ccc(-c2ccc(-c3ccc(-c4ccc(O)cc4)c(CCCCC)c3)cc2)cc1.C=C(CO)OO. The van der Waals surface area contributed by atoms with Gasteiger partial charge in [-0.1, -0.05) is 99.7 Å². The summed E-state index contributed by atoms with van der Waals surface area (Å²) in [4.78, 5) is 24.7. The molecule has 0 aromatic heterocycles. The molecule has 0 unspecified atom stereocenters. The average Bonchev–Trinajstić information content (AvgIpc) is 3.07. The minimum Gasteiger partial charge on any atom is -0.508 e. The number of unbranched alkanes of at least 4 members (excludes halogenated alkanes) is 2. The molecule has 8 nitrogen and oxygen atoms in total. The number of phenolic OH excluding ortho intramolecular Hbond substituents is 1. The molecule has 8 heteroatoms. The third-order valence-electron chi connectivity index (χ3n) is 6.74. The average molecular weight is 599 g/mol. The van der Waals surface area contributed by atoms with Gasteiger partial charge in [0.2, 0.25) is 0 Å². The summed E-state index contributed by atoms with van der Waals surface area (Å²) in [6.45, 7) is 7.86. The van der Waals surface area contributed by atoms with Crippen LogP contribution in [0.2, 0.25) is 0 Å². The molecule has 0 saturated heterocycles. The van der Waals surface area contributed by atoms with Gasteiger partial charge < -0.3 is 20.2 Å². The van der Waals surface area contributed by atoms with Crippen LogP contribution in [-0.4, -0.2) is 39.8 Å². The Morgan fingerprint density at radius 2 is 1.27 bits per heavy atom.